The Morgan fingerprint density at radius 3 is 2.08 bits per heavy atom. The van der Waals surface area contributed by atoms with Crippen molar-refractivity contribution in [2.75, 3.05) is 54.1 Å². The van der Waals surface area contributed by atoms with E-state index in [9.17, 15) is 25.2 Å². The molecule has 1 aliphatic carbocycles. The van der Waals surface area contributed by atoms with E-state index in [4.69, 9.17) is 73.4 Å². The number of carbonyl (C=O) groups excluding carboxylic acids is 1. The summed E-state index contributed by atoms with van der Waals surface area (Å²) in [6.45, 7) is 1.11. The highest BCUT2D eigenvalue weighted by atomic mass is 16.7. The van der Waals surface area contributed by atoms with Crippen molar-refractivity contribution in [1.29, 1.82) is 0 Å². The summed E-state index contributed by atoms with van der Waals surface area (Å²) in [5, 5.41) is 68.2. The number of rotatable bonds is 12. The van der Waals surface area contributed by atoms with Crippen LogP contribution in [0.25, 0.3) is 0 Å². The van der Waals surface area contributed by atoms with E-state index < -0.39 is 73.5 Å². The molecule has 0 bridgehead atoms. The molecule has 4 fully saturated rings. The molecule has 3 saturated heterocycles. The number of aliphatic hydroxyl groups is 7. The zero-order valence-corrected chi connectivity index (χ0v) is 31.1. The van der Waals surface area contributed by atoms with Crippen molar-refractivity contribution in [2.24, 2.45) is 45.1 Å². The number of nitrogens with two attached hydrogens (primary N) is 7. The second-order valence-electron chi connectivity index (χ2n) is 12.5. The van der Waals surface area contributed by atoms with Gasteiger partial charge in [-0.2, -0.15) is 0 Å². The van der Waals surface area contributed by atoms with Crippen LogP contribution in [0.1, 0.15) is 38.5 Å². The minimum absolute atomic E-state index is 0.0202. The van der Waals surface area contributed by atoms with E-state index in [1.54, 1.807) is 0 Å². The Morgan fingerprint density at radius 2 is 1.57 bits per heavy atom. The molecule has 3 heterocycles. The Morgan fingerprint density at radius 1 is 0.925 bits per heavy atom. The number of hydrogen-bond donors (Lipinski definition) is 15. The van der Waals surface area contributed by atoms with Crippen LogP contribution in [0.2, 0.25) is 0 Å². The van der Waals surface area contributed by atoms with Gasteiger partial charge < -0.3 is 110 Å². The summed E-state index contributed by atoms with van der Waals surface area (Å²) in [5.74, 6) is -0.0295. The molecule has 22 N–H and O–H groups in total. The summed E-state index contributed by atoms with van der Waals surface area (Å²) in [6, 6.07) is -1.31. The molecule has 0 aromatic heterocycles. The Bertz CT molecular complexity index is 963. The molecule has 4 rings (SSSR count). The van der Waals surface area contributed by atoms with Gasteiger partial charge in [-0.3, -0.25) is 4.99 Å². The lowest BCUT2D eigenvalue weighted by Gasteiger charge is -2.41. The molecular formula is C31H69N9O13. The van der Waals surface area contributed by atoms with Crippen molar-refractivity contribution >= 4 is 12.2 Å². The average Bonchev–Trinajstić information content (AvgIpc) is 3.56. The maximum atomic E-state index is 10.4. The lowest BCUT2D eigenvalue weighted by Crippen LogP contribution is -2.63. The highest BCUT2D eigenvalue weighted by Crippen LogP contribution is 2.31. The molecule has 3 aliphatic heterocycles. The van der Waals surface area contributed by atoms with Crippen LogP contribution < -0.4 is 45.5 Å². The molecule has 0 spiro atoms. The Hall–Kier alpha value is -1.78. The van der Waals surface area contributed by atoms with Crippen molar-refractivity contribution in [2.45, 2.75) is 130 Å². The molecular weight excluding hydrogens is 706 g/mol. The van der Waals surface area contributed by atoms with Crippen LogP contribution in [0.5, 0.6) is 0 Å². The van der Waals surface area contributed by atoms with Crippen molar-refractivity contribution in [3.8, 4) is 0 Å². The van der Waals surface area contributed by atoms with Crippen LogP contribution in [0, 0.1) is 0 Å². The maximum Gasteiger partial charge on any atom is 0.185 e. The Kier molecular flexibility index (Phi) is 27.6. The monoisotopic (exact) mass is 776 g/mol. The standard InChI is InChI=1S/C18H36N4O8.C6H13NO2.C5H11N3O2.CH5N.CH4O/c1-22-7-2-8(20)15(24)10(3-7)27-13-4-9(12(6-23)28-13)29-18-14(21)17(26)16(25)11(5-19)30-18;7-4-6-5(8)2-1-3-9-6;6-5(7)8-2-1-4(10)3-9;2*1-2/h7-18,22-26H,2-6,19-21H2,1H3;5-6,8H,1-4,7H2;3-4,10H,1-2H2,(H4,6,7,8);2H2,1H3;2H,1H3/t7?,8?,9-,10?,11-,12?,13?,14+,15+,16+,17?,18-;;;;/m0..../s1. The number of ether oxygens (including phenoxy) is 5. The van der Waals surface area contributed by atoms with E-state index in [2.05, 4.69) is 16.0 Å². The van der Waals surface area contributed by atoms with E-state index >= 15 is 0 Å². The number of aliphatic imine (C=N–C) groups is 1. The summed E-state index contributed by atoms with van der Waals surface area (Å²) in [6.07, 6.45) is -5.21. The molecule has 9 unspecified atom stereocenters. The molecule has 1 saturated carbocycles. The molecule has 15 atom stereocenters. The van der Waals surface area contributed by atoms with Gasteiger partial charge in [0.15, 0.2) is 18.5 Å². The third kappa shape index (κ3) is 17.7. The van der Waals surface area contributed by atoms with Gasteiger partial charge in [0.1, 0.15) is 36.8 Å². The number of nitrogens with zero attached hydrogens (tertiary/aromatic N) is 1. The predicted octanol–water partition coefficient (Wildman–Crippen LogP) is -7.46. The number of guanidine groups is 1. The Labute approximate surface area is 311 Å². The minimum Gasteiger partial charge on any atom is -0.400 e. The van der Waals surface area contributed by atoms with Crippen LogP contribution in [0.15, 0.2) is 4.99 Å². The van der Waals surface area contributed by atoms with Gasteiger partial charge in [-0.1, -0.05) is 0 Å². The van der Waals surface area contributed by atoms with Gasteiger partial charge in [0.2, 0.25) is 0 Å². The van der Waals surface area contributed by atoms with Crippen LogP contribution in [0.3, 0.4) is 0 Å². The van der Waals surface area contributed by atoms with E-state index in [1.807, 2.05) is 7.05 Å². The van der Waals surface area contributed by atoms with Crippen LogP contribution in [-0.2, 0) is 28.5 Å². The second-order valence-corrected chi connectivity index (χ2v) is 12.5. The van der Waals surface area contributed by atoms with Gasteiger partial charge in [0.25, 0.3) is 0 Å². The van der Waals surface area contributed by atoms with E-state index in [1.165, 1.54) is 7.05 Å². The summed E-state index contributed by atoms with van der Waals surface area (Å²) >= 11 is 0. The number of hydrogen-bond acceptors (Lipinski definition) is 20. The average molecular weight is 776 g/mol. The quantitative estimate of drug-likeness (QED) is 0.0497. The third-order valence-corrected chi connectivity index (χ3v) is 8.78. The fourth-order valence-electron chi connectivity index (χ4n) is 5.78. The zero-order valence-electron chi connectivity index (χ0n) is 31.1. The first-order valence-electron chi connectivity index (χ1n) is 17.7. The smallest absolute Gasteiger partial charge is 0.185 e. The van der Waals surface area contributed by atoms with Crippen molar-refractivity contribution in [3.05, 3.63) is 0 Å². The highest BCUT2D eigenvalue weighted by Gasteiger charge is 2.47. The first-order chi connectivity index (χ1) is 25.3. The van der Waals surface area contributed by atoms with Crippen molar-refractivity contribution < 1.29 is 64.2 Å². The SMILES string of the molecule is CN.CNC1CC(N)[C@@H](O)C(OC2C[C@H](O[C@H]3O[C@@H](CN)[C@@H](O)C(O)[C@H]3N)C(CO)O2)C1.CO.NC(N)=NCCC(O)C=O.NCC1OCCCC1O. The van der Waals surface area contributed by atoms with Crippen LogP contribution >= 0.6 is 0 Å². The van der Waals surface area contributed by atoms with Crippen molar-refractivity contribution in [3.63, 3.8) is 0 Å². The summed E-state index contributed by atoms with van der Waals surface area (Å²) in [4.78, 5) is 13.4. The molecule has 22 nitrogen and oxygen atoms in total. The fourth-order valence-corrected chi connectivity index (χ4v) is 5.78. The van der Waals surface area contributed by atoms with Gasteiger partial charge in [0, 0.05) is 51.9 Å². The third-order valence-electron chi connectivity index (χ3n) is 8.78. The normalized spacial score (nSPS) is 37.0. The van der Waals surface area contributed by atoms with Crippen LogP contribution in [0.4, 0.5) is 0 Å². The number of carbonyl (C=O) groups is 1. The maximum absolute atomic E-state index is 10.4. The lowest BCUT2D eigenvalue weighted by atomic mass is 9.87. The summed E-state index contributed by atoms with van der Waals surface area (Å²) in [5.41, 5.74) is 37.3. The van der Waals surface area contributed by atoms with Gasteiger partial charge in [-0.25, -0.2) is 0 Å². The molecule has 0 radical (unpaired) electrons. The number of nitrogens with one attached hydrogen (secondary N) is 1. The number of aldehydes is 1. The van der Waals surface area contributed by atoms with Crippen LogP contribution in [-0.4, -0.2) is 194 Å². The Balaban J connectivity index is 0.000000959. The molecule has 0 aromatic rings. The second kappa shape index (κ2) is 28.6. The van der Waals surface area contributed by atoms with Crippen molar-refractivity contribution in [1.82, 2.24) is 5.32 Å². The van der Waals surface area contributed by atoms with Gasteiger partial charge in [-0.05, 0) is 46.2 Å². The first-order valence-corrected chi connectivity index (χ1v) is 17.7. The van der Waals surface area contributed by atoms with E-state index in [0.29, 0.717) is 25.7 Å². The summed E-state index contributed by atoms with van der Waals surface area (Å²) < 4.78 is 28.4. The van der Waals surface area contributed by atoms with Gasteiger partial charge in [0.05, 0.1) is 43.2 Å². The molecule has 0 amide bonds. The van der Waals surface area contributed by atoms with Gasteiger partial charge in [-0.15, -0.1) is 0 Å². The predicted molar refractivity (Wildman–Crippen MR) is 194 cm³/mol. The number of aliphatic hydroxyl groups excluding tert-OH is 7. The molecule has 4 aliphatic rings. The molecule has 22 heteroatoms. The van der Waals surface area contributed by atoms with E-state index in [-0.39, 0.29) is 56.7 Å². The van der Waals surface area contributed by atoms with E-state index in [0.717, 1.165) is 26.6 Å². The first kappa shape index (κ1) is 51.2. The largest absolute Gasteiger partial charge is 0.400 e. The molecule has 0 aromatic carbocycles. The topological polar surface area (TPSA) is 411 Å². The zero-order chi connectivity index (χ0) is 40.7. The molecule has 316 valence electrons. The summed E-state index contributed by atoms with van der Waals surface area (Å²) in [7, 11) is 4.33. The van der Waals surface area contributed by atoms with Gasteiger partial charge >= 0.3 is 0 Å². The molecule has 53 heavy (non-hydrogen) atoms. The fraction of sp³-hybridized carbons (Fsp3) is 0.935. The lowest BCUT2D eigenvalue weighted by molar-refractivity contribution is -0.274. The minimum atomic E-state index is -1.27. The highest BCUT2D eigenvalue weighted by molar-refractivity contribution is 5.75.